The molecular weight excluding hydrogens is 312 g/mol. The summed E-state index contributed by atoms with van der Waals surface area (Å²) in [6.45, 7) is 5.95. The second-order valence-electron chi connectivity index (χ2n) is 5.26. The Labute approximate surface area is 136 Å². The van der Waals surface area contributed by atoms with E-state index >= 15 is 0 Å². The highest BCUT2D eigenvalue weighted by Gasteiger charge is 2.17. The Balaban J connectivity index is 2.34. The summed E-state index contributed by atoms with van der Waals surface area (Å²) in [5, 5.41) is 2.71. The smallest absolute Gasteiger partial charge is 0.261 e. The van der Waals surface area contributed by atoms with Crippen molar-refractivity contribution >= 4 is 21.6 Å². The second kappa shape index (κ2) is 6.83. The van der Waals surface area contributed by atoms with E-state index in [0.29, 0.717) is 23.4 Å². The minimum Gasteiger partial charge on any atom is -0.352 e. The van der Waals surface area contributed by atoms with Gasteiger partial charge in [0, 0.05) is 12.1 Å². The molecule has 1 amide bonds. The summed E-state index contributed by atoms with van der Waals surface area (Å²) in [4.78, 5) is 12.2. The van der Waals surface area contributed by atoms with E-state index < -0.39 is 10.0 Å². The molecule has 2 aromatic rings. The van der Waals surface area contributed by atoms with E-state index in [1.54, 1.807) is 49.4 Å². The van der Waals surface area contributed by atoms with Gasteiger partial charge in [-0.05, 0) is 50.6 Å². The van der Waals surface area contributed by atoms with Crippen molar-refractivity contribution in [3.63, 3.8) is 0 Å². The van der Waals surface area contributed by atoms with Crippen LogP contribution in [0.5, 0.6) is 0 Å². The molecule has 0 unspecified atom stereocenters. The van der Waals surface area contributed by atoms with Gasteiger partial charge in [-0.15, -0.1) is 0 Å². The van der Waals surface area contributed by atoms with Crippen LogP contribution in [0.25, 0.3) is 0 Å². The van der Waals surface area contributed by atoms with Crippen LogP contribution in [0.15, 0.2) is 47.4 Å². The molecule has 0 aliphatic carbocycles. The van der Waals surface area contributed by atoms with Gasteiger partial charge in [0.25, 0.3) is 15.9 Å². The third-order valence-corrected chi connectivity index (χ3v) is 4.87. The number of carbonyl (C=O) groups excluding carboxylic acids is 1. The predicted octanol–water partition coefficient (Wildman–Crippen LogP) is 2.85. The number of amides is 1. The molecule has 0 fully saturated rings. The zero-order valence-electron chi connectivity index (χ0n) is 13.4. The molecule has 0 saturated carbocycles. The van der Waals surface area contributed by atoms with Crippen LogP contribution < -0.4 is 10.0 Å². The molecule has 0 aliphatic rings. The molecule has 0 saturated heterocycles. The molecular formula is C17H20N2O3S. The highest BCUT2D eigenvalue weighted by Crippen LogP contribution is 2.22. The Kier molecular flexibility index (Phi) is 5.05. The van der Waals surface area contributed by atoms with Gasteiger partial charge in [-0.2, -0.15) is 0 Å². The number of aryl methyl sites for hydroxylation is 1. The molecule has 2 N–H and O–H groups in total. The molecule has 6 heteroatoms. The van der Waals surface area contributed by atoms with E-state index in [1.165, 1.54) is 0 Å². The molecule has 0 spiro atoms. The Morgan fingerprint density at radius 1 is 1.04 bits per heavy atom. The van der Waals surface area contributed by atoms with Gasteiger partial charge in [0.05, 0.1) is 10.6 Å². The molecule has 0 heterocycles. The molecule has 23 heavy (non-hydrogen) atoms. The van der Waals surface area contributed by atoms with Crippen molar-refractivity contribution in [2.24, 2.45) is 0 Å². The summed E-state index contributed by atoms with van der Waals surface area (Å²) in [7, 11) is -3.69. The largest absolute Gasteiger partial charge is 0.352 e. The lowest BCUT2D eigenvalue weighted by molar-refractivity contribution is 0.0955. The van der Waals surface area contributed by atoms with Crippen molar-refractivity contribution in [3.8, 4) is 0 Å². The van der Waals surface area contributed by atoms with Crippen LogP contribution in [0.2, 0.25) is 0 Å². The molecule has 122 valence electrons. The summed E-state index contributed by atoms with van der Waals surface area (Å²) in [6, 6.07) is 11.6. The fourth-order valence-corrected chi connectivity index (χ4v) is 3.29. The average Bonchev–Trinajstić information content (AvgIpc) is 2.50. The van der Waals surface area contributed by atoms with Crippen LogP contribution in [0, 0.1) is 13.8 Å². The first-order chi connectivity index (χ1) is 10.8. The van der Waals surface area contributed by atoms with E-state index in [0.717, 1.165) is 5.56 Å². The lowest BCUT2D eigenvalue weighted by Gasteiger charge is -2.13. The number of hydrogen-bond acceptors (Lipinski definition) is 3. The standard InChI is InChI=1S/C17H20N2O3S/c1-4-18-17(20)15-6-5-7-16(13(15)3)19-23(21,22)14-10-8-12(2)9-11-14/h5-11,19H,4H2,1-3H3,(H,18,20). The lowest BCUT2D eigenvalue weighted by atomic mass is 10.1. The molecule has 0 bridgehead atoms. The maximum absolute atomic E-state index is 12.5. The first-order valence-electron chi connectivity index (χ1n) is 7.32. The van der Waals surface area contributed by atoms with Crippen LogP contribution in [0.1, 0.15) is 28.4 Å². The Hall–Kier alpha value is -2.34. The van der Waals surface area contributed by atoms with E-state index in [1.807, 2.05) is 13.8 Å². The summed E-state index contributed by atoms with van der Waals surface area (Å²) in [5.41, 5.74) is 2.43. The van der Waals surface area contributed by atoms with E-state index in [9.17, 15) is 13.2 Å². The maximum Gasteiger partial charge on any atom is 0.261 e. The zero-order valence-corrected chi connectivity index (χ0v) is 14.2. The number of sulfonamides is 1. The van der Waals surface area contributed by atoms with Crippen LogP contribution in [-0.4, -0.2) is 20.9 Å². The van der Waals surface area contributed by atoms with Gasteiger partial charge in [0.2, 0.25) is 0 Å². The minimum atomic E-state index is -3.69. The number of rotatable bonds is 5. The third kappa shape index (κ3) is 3.90. The average molecular weight is 332 g/mol. The highest BCUT2D eigenvalue weighted by molar-refractivity contribution is 7.92. The SMILES string of the molecule is CCNC(=O)c1cccc(NS(=O)(=O)c2ccc(C)cc2)c1C. The molecule has 0 radical (unpaired) electrons. The van der Waals surface area contributed by atoms with Gasteiger partial charge in [-0.3, -0.25) is 9.52 Å². The van der Waals surface area contributed by atoms with Crippen LogP contribution >= 0.6 is 0 Å². The topological polar surface area (TPSA) is 75.3 Å². The first kappa shape index (κ1) is 17.0. The fraction of sp³-hybridized carbons (Fsp3) is 0.235. The van der Waals surface area contributed by atoms with Crippen molar-refractivity contribution < 1.29 is 13.2 Å². The molecule has 0 aromatic heterocycles. The molecule has 2 aromatic carbocycles. The molecule has 2 rings (SSSR count). The van der Waals surface area contributed by atoms with Crippen LogP contribution in [0.3, 0.4) is 0 Å². The summed E-state index contributed by atoms with van der Waals surface area (Å²) in [6.07, 6.45) is 0. The lowest BCUT2D eigenvalue weighted by Crippen LogP contribution is -2.24. The Morgan fingerprint density at radius 2 is 1.70 bits per heavy atom. The van der Waals surface area contributed by atoms with Gasteiger partial charge < -0.3 is 5.32 Å². The van der Waals surface area contributed by atoms with E-state index in [2.05, 4.69) is 10.0 Å². The second-order valence-corrected chi connectivity index (χ2v) is 6.94. The van der Waals surface area contributed by atoms with Gasteiger partial charge >= 0.3 is 0 Å². The quantitative estimate of drug-likeness (QED) is 0.884. The molecule has 0 aliphatic heterocycles. The van der Waals surface area contributed by atoms with Crippen molar-refractivity contribution in [2.45, 2.75) is 25.7 Å². The van der Waals surface area contributed by atoms with Gasteiger partial charge in [0.15, 0.2) is 0 Å². The number of anilines is 1. The van der Waals surface area contributed by atoms with Crippen molar-refractivity contribution in [1.82, 2.24) is 5.32 Å². The van der Waals surface area contributed by atoms with Crippen LogP contribution in [0.4, 0.5) is 5.69 Å². The Bertz CT molecular complexity index is 812. The Morgan fingerprint density at radius 3 is 2.30 bits per heavy atom. The van der Waals surface area contributed by atoms with E-state index in [-0.39, 0.29) is 10.8 Å². The predicted molar refractivity (Wildman–Crippen MR) is 91.2 cm³/mol. The summed E-state index contributed by atoms with van der Waals surface area (Å²) in [5.74, 6) is -0.221. The number of nitrogens with one attached hydrogen (secondary N) is 2. The van der Waals surface area contributed by atoms with Gasteiger partial charge in [0.1, 0.15) is 0 Å². The first-order valence-corrected chi connectivity index (χ1v) is 8.80. The normalized spacial score (nSPS) is 11.1. The van der Waals surface area contributed by atoms with Crippen molar-refractivity contribution in [3.05, 3.63) is 59.2 Å². The highest BCUT2D eigenvalue weighted by atomic mass is 32.2. The number of benzene rings is 2. The maximum atomic E-state index is 12.5. The number of carbonyl (C=O) groups is 1. The summed E-state index contributed by atoms with van der Waals surface area (Å²) < 4.78 is 27.5. The molecule has 0 atom stereocenters. The van der Waals surface area contributed by atoms with E-state index in [4.69, 9.17) is 0 Å². The summed E-state index contributed by atoms with van der Waals surface area (Å²) >= 11 is 0. The van der Waals surface area contributed by atoms with Gasteiger partial charge in [-0.25, -0.2) is 8.42 Å². The number of hydrogen-bond donors (Lipinski definition) is 2. The van der Waals surface area contributed by atoms with Crippen LogP contribution in [-0.2, 0) is 10.0 Å². The molecule has 5 nitrogen and oxygen atoms in total. The fourth-order valence-electron chi connectivity index (χ4n) is 2.17. The third-order valence-electron chi connectivity index (χ3n) is 3.49. The zero-order chi connectivity index (χ0) is 17.0. The van der Waals surface area contributed by atoms with Gasteiger partial charge in [-0.1, -0.05) is 23.8 Å². The van der Waals surface area contributed by atoms with Crippen molar-refractivity contribution in [2.75, 3.05) is 11.3 Å². The van der Waals surface area contributed by atoms with Crippen molar-refractivity contribution in [1.29, 1.82) is 0 Å². The minimum absolute atomic E-state index is 0.186. The monoisotopic (exact) mass is 332 g/mol.